The van der Waals surface area contributed by atoms with Crippen molar-refractivity contribution in [1.29, 1.82) is 0 Å². The summed E-state index contributed by atoms with van der Waals surface area (Å²) >= 11 is 0. The molecule has 27 N–H and O–H groups in total. The number of carboxylic acids is 4. The summed E-state index contributed by atoms with van der Waals surface area (Å²) in [6, 6.07) is 11.9. The molecule has 2 aromatic rings. The number of amides is 4. The maximum Gasteiger partial charge on any atom is 0.335 e. The summed E-state index contributed by atoms with van der Waals surface area (Å²) in [4.78, 5) is 111. The number of methoxy groups -OCH3 is 4. The number of benzene rings is 2. The molecular formula is C85H116N8O45. The van der Waals surface area contributed by atoms with E-state index in [0.29, 0.717) is 48.2 Å². The molecule has 32 unspecified atom stereocenters. The van der Waals surface area contributed by atoms with Gasteiger partial charge in [0.15, 0.2) is 80.5 Å². The van der Waals surface area contributed by atoms with Gasteiger partial charge >= 0.3 is 23.9 Å². The molecule has 12 bridgehead atoms. The third-order valence-corrected chi connectivity index (χ3v) is 27.6. The number of nitrogens with one attached hydrogen (secondary N) is 6. The van der Waals surface area contributed by atoms with Crippen LogP contribution in [0.15, 0.2) is 69.9 Å². The number of aliphatic hydroxyl groups excluding tert-OH is 17. The highest BCUT2D eigenvalue weighted by Gasteiger charge is 2.61. The lowest BCUT2D eigenvalue weighted by Crippen LogP contribution is -2.67. The van der Waals surface area contributed by atoms with E-state index in [0.717, 1.165) is 32.5 Å². The second-order valence-corrected chi connectivity index (χ2v) is 35.7. The predicted octanol–water partition coefficient (Wildman–Crippen LogP) is -11.0. The average Bonchev–Trinajstić information content (AvgIpc) is 1.57. The lowest BCUT2D eigenvalue weighted by Gasteiger charge is -2.46. The molecule has 138 heavy (non-hydrogen) atoms. The van der Waals surface area contributed by atoms with E-state index in [1.807, 2.05) is 0 Å². The Morgan fingerprint density at radius 3 is 1.25 bits per heavy atom. The van der Waals surface area contributed by atoms with Crippen LogP contribution < -0.4 is 32.1 Å². The first kappa shape index (κ1) is 105. The van der Waals surface area contributed by atoms with E-state index in [1.165, 1.54) is 43.5 Å². The van der Waals surface area contributed by atoms with Crippen molar-refractivity contribution in [3.8, 4) is 0 Å². The molecule has 9 aliphatic heterocycles. The molecule has 0 radical (unpaired) electrons. The Labute approximate surface area is 782 Å². The van der Waals surface area contributed by atoms with Gasteiger partial charge < -0.3 is 204 Å². The highest BCUT2D eigenvalue weighted by molar-refractivity contribution is 5.96. The fourth-order valence-electron chi connectivity index (χ4n) is 20.6. The first-order valence-electron chi connectivity index (χ1n) is 44.5. The van der Waals surface area contributed by atoms with Crippen molar-refractivity contribution < 1.29 is 221 Å². The van der Waals surface area contributed by atoms with Crippen LogP contribution in [0.25, 0.3) is 11.4 Å². The maximum absolute atomic E-state index is 15.0. The van der Waals surface area contributed by atoms with E-state index in [4.69, 9.17) is 75.8 Å². The number of hydrazone groups is 2. The number of hydrogen-bond donors (Lipinski definition) is 27. The molecule has 9 fully saturated rings. The number of aliphatic hydroxyl groups is 17. The van der Waals surface area contributed by atoms with Gasteiger partial charge in [0.2, 0.25) is 5.91 Å². The molecule has 766 valence electrons. The molecule has 4 saturated heterocycles. The molecule has 43 atom stereocenters. The number of rotatable bonds is 19. The number of hydrogen-bond acceptors (Lipinski definition) is 45. The number of aliphatic carboxylic acids is 4. The first-order valence-corrected chi connectivity index (χ1v) is 44.5. The Morgan fingerprint density at radius 1 is 0.420 bits per heavy atom. The van der Waals surface area contributed by atoms with E-state index in [9.17, 15) is 141 Å². The topological polar surface area (TPSA) is 806 Å². The summed E-state index contributed by atoms with van der Waals surface area (Å²) in [5, 5.41) is 256. The van der Waals surface area contributed by atoms with Crippen LogP contribution >= 0.6 is 0 Å². The minimum atomic E-state index is -2.61. The summed E-state index contributed by atoms with van der Waals surface area (Å²) in [5.74, 6) is -16.2. The minimum absolute atomic E-state index is 0.0604. The smallest absolute Gasteiger partial charge is 0.335 e. The molecule has 53 heteroatoms. The normalized spacial score (nSPS) is 42.2. The fraction of sp³-hybridized carbons (Fsp3) is 0.694. The number of ether oxygens (including phenoxy) is 16. The zero-order valence-corrected chi connectivity index (χ0v) is 74.2. The van der Waals surface area contributed by atoms with Crippen LogP contribution in [0.5, 0.6) is 0 Å². The minimum Gasteiger partial charge on any atom is -0.479 e. The van der Waals surface area contributed by atoms with E-state index >= 15 is 4.79 Å². The van der Waals surface area contributed by atoms with Crippen LogP contribution in [0, 0.1) is 53.3 Å². The van der Waals surface area contributed by atoms with Crippen molar-refractivity contribution in [2.24, 2.45) is 63.5 Å². The SMILES string of the molecule is COCC(O)C(O)[C@@H]1OC(CO)OC(C(=O)O)C(CO)O[C@@H]2OC(C(=O)NCC3CC4CC3C3=C(NN=CC34)c3ccc(cc3)NC(=O)C3C[C@@H](OC)C(O)C(O)[C@@H]3OC(CO)OC(C(=O)O)[C@H](CO)OC3OC(C(=O)Nc4ccc(cc4)C4=C5C(C=NN4)C4CC(CNC(=O)C1O)C5C4)[C@@H](O[C@@H]1OC(C(=O)O)[C@@H](OC)C(O)C1O)C(O)C3O)[C@@H](O[C@@H]1OC(C(=O)O)[C@@H](OC)C(O)C1O)C(O)C2O. The van der Waals surface area contributed by atoms with Gasteiger partial charge in [-0.1, -0.05) is 24.3 Å². The van der Waals surface area contributed by atoms with Crippen molar-refractivity contribution in [3.05, 3.63) is 70.8 Å². The van der Waals surface area contributed by atoms with Gasteiger partial charge in [0, 0.05) is 77.2 Å². The lowest BCUT2D eigenvalue weighted by atomic mass is 9.76. The molecule has 16 rings (SSSR count). The Hall–Kier alpha value is -8.70. The van der Waals surface area contributed by atoms with Gasteiger partial charge in [-0.15, -0.1) is 0 Å². The third-order valence-electron chi connectivity index (χ3n) is 27.6. The summed E-state index contributed by atoms with van der Waals surface area (Å²) < 4.78 is 90.3. The number of nitrogens with zero attached hydrogens (tertiary/aromatic N) is 2. The Kier molecular flexibility index (Phi) is 34.5. The van der Waals surface area contributed by atoms with Crippen molar-refractivity contribution in [3.63, 3.8) is 0 Å². The van der Waals surface area contributed by atoms with Gasteiger partial charge in [-0.2, -0.15) is 10.2 Å². The highest BCUT2D eigenvalue weighted by atomic mass is 16.8. The summed E-state index contributed by atoms with van der Waals surface area (Å²) in [6.45, 7) is -6.66. The zero-order valence-electron chi connectivity index (χ0n) is 74.2. The molecule has 14 aliphatic rings. The molecule has 5 aliphatic carbocycles. The van der Waals surface area contributed by atoms with E-state index < -0.39 is 313 Å². The van der Waals surface area contributed by atoms with Crippen molar-refractivity contribution in [2.45, 2.75) is 241 Å². The van der Waals surface area contributed by atoms with E-state index in [1.54, 1.807) is 24.6 Å². The standard InChI is InChI=1S/C85H116N8O45/c1-123-26-40(98)50(99)65-61(110)75(112)86-18-31-13-29-15-35(31)46-38(29)20-88-93-49(46)28-7-11-34(12-8-28)91-77(114)71-69(134-85-58(107)54(103)67(126-4)73(138-85)81(121)122)56(105)60(109)83(136-71)128-42(22-94)63(78(115)116)130-44(24-96)129-62-37(17-41(124-2)51(100)52(62)101)74(111)90-33-9-5-27(6-10-33)48-47-36-16-30(39(47)21-89-92-48)14-32(36)19-87-76(113)70-68(133-84-57(106)53(102)66(125-3)72(137-84)80(119)120)55(104)59(108)82(135-70)127-43(23-95)64(79(117)118)131-45(25-97)132-65/h5-12,20-21,29-32,35-45,50-73,82-85,92-110H,13-19,22-26H2,1-4H3,(H,86,112)(H,87,113)(H,90,111)(H,91,114)(H,115,116)(H,117,118)(H,119,120)(H,121,122)/t29?,30?,31?,32?,35?,36?,37?,38?,39?,40?,41-,42+,43?,44?,45?,50?,51?,52?,53?,54?,55?,56?,57?,58?,59?,60?,61?,62-,63?,64?,65+,66+,67+,68+,69+,70?,71?,72?,73?,82-,83?,84-,85-/m1/s1. The largest absolute Gasteiger partial charge is 0.479 e. The third kappa shape index (κ3) is 21.6. The number of anilines is 2. The van der Waals surface area contributed by atoms with Crippen LogP contribution in [0.3, 0.4) is 0 Å². The second-order valence-electron chi connectivity index (χ2n) is 35.7. The van der Waals surface area contributed by atoms with Crippen molar-refractivity contribution >= 4 is 82.7 Å². The van der Waals surface area contributed by atoms with Gasteiger partial charge in [0.1, 0.15) is 122 Å². The van der Waals surface area contributed by atoms with Crippen LogP contribution in [-0.4, -0.2) is 450 Å². The molecule has 2 aromatic carbocycles. The van der Waals surface area contributed by atoms with Gasteiger partial charge in [-0.25, -0.2) is 19.2 Å². The molecule has 0 spiro atoms. The number of carbonyl (C=O) groups is 8. The zero-order chi connectivity index (χ0) is 99.6. The Bertz CT molecular complexity index is 4720. The summed E-state index contributed by atoms with van der Waals surface area (Å²) in [6.07, 6.45) is -70.7. The number of fused-ring (bicyclic) bond motifs is 6. The molecule has 0 aromatic heterocycles. The lowest BCUT2D eigenvalue weighted by molar-refractivity contribution is -0.357. The quantitative estimate of drug-likeness (QED) is 0.0621. The van der Waals surface area contributed by atoms with Crippen molar-refractivity contribution in [1.82, 2.24) is 21.5 Å². The number of carbonyl (C=O) groups excluding carboxylic acids is 4. The van der Waals surface area contributed by atoms with Gasteiger partial charge in [0.05, 0.1) is 56.5 Å². The Morgan fingerprint density at radius 2 is 0.841 bits per heavy atom. The van der Waals surface area contributed by atoms with Gasteiger partial charge in [-0.3, -0.25) is 30.0 Å². The molecular weight excluding hydrogens is 1850 g/mol. The van der Waals surface area contributed by atoms with Crippen LogP contribution in [0.4, 0.5) is 11.4 Å². The highest BCUT2D eigenvalue weighted by Crippen LogP contribution is 2.58. The summed E-state index contributed by atoms with van der Waals surface area (Å²) in [7, 11) is 4.27. The maximum atomic E-state index is 15.0. The number of carboxylic acid groups (broad SMARTS) is 4. The average molecular weight is 1970 g/mol. The molecule has 53 nitrogen and oxygen atoms in total. The molecule has 4 amide bonds. The molecule has 9 heterocycles. The Balaban J connectivity index is 0.780. The first-order chi connectivity index (χ1) is 65.9. The molecule has 5 saturated carbocycles. The van der Waals surface area contributed by atoms with Crippen LogP contribution in [0.1, 0.15) is 43.2 Å². The van der Waals surface area contributed by atoms with Crippen molar-refractivity contribution in [2.75, 3.05) is 85.2 Å². The fourth-order valence-corrected chi connectivity index (χ4v) is 20.6. The predicted molar refractivity (Wildman–Crippen MR) is 450 cm³/mol. The monoisotopic (exact) mass is 1970 g/mol. The summed E-state index contributed by atoms with van der Waals surface area (Å²) in [5.41, 5.74) is 9.57. The number of allylic oxidation sites excluding steroid dienone is 2. The second kappa shape index (κ2) is 45.3. The van der Waals surface area contributed by atoms with Crippen LogP contribution in [-0.2, 0) is 114 Å². The van der Waals surface area contributed by atoms with Crippen LogP contribution in [0.2, 0.25) is 0 Å². The van der Waals surface area contributed by atoms with E-state index in [2.05, 4.69) is 42.3 Å². The van der Waals surface area contributed by atoms with Gasteiger partial charge in [-0.05, 0) is 114 Å². The van der Waals surface area contributed by atoms with Gasteiger partial charge in [0.25, 0.3) is 17.7 Å². The van der Waals surface area contributed by atoms with E-state index in [-0.39, 0.29) is 60.0 Å².